The minimum atomic E-state index is -0.310. The lowest BCUT2D eigenvalue weighted by molar-refractivity contribution is 0.111. The van der Waals surface area contributed by atoms with E-state index >= 15 is 0 Å². The number of rotatable bonds is 2. The summed E-state index contributed by atoms with van der Waals surface area (Å²) >= 11 is 3.32. The summed E-state index contributed by atoms with van der Waals surface area (Å²) in [4.78, 5) is 17.3. The summed E-state index contributed by atoms with van der Waals surface area (Å²) in [7, 11) is 3.06. The van der Waals surface area contributed by atoms with Crippen LogP contribution in [0, 0.1) is 0 Å². The van der Waals surface area contributed by atoms with E-state index in [0.29, 0.717) is 0 Å². The highest BCUT2D eigenvalue weighted by Crippen LogP contribution is 2.17. The molecule has 0 saturated heterocycles. The minimum absolute atomic E-state index is 0.310. The first kappa shape index (κ1) is 11.0. The molecule has 0 fully saturated rings. The predicted octanol–water partition coefficient (Wildman–Crippen LogP) is 2.16. The molecule has 0 atom stereocenters. The Labute approximate surface area is 90.9 Å². The van der Waals surface area contributed by atoms with Crippen LogP contribution in [0.25, 0.3) is 0 Å². The molecule has 0 saturated carbocycles. The van der Waals surface area contributed by atoms with E-state index < -0.39 is 0 Å². The van der Waals surface area contributed by atoms with Crippen molar-refractivity contribution in [3.63, 3.8) is 0 Å². The lowest BCUT2D eigenvalue weighted by Gasteiger charge is -2.16. The van der Waals surface area contributed by atoms with Crippen LogP contribution >= 0.6 is 15.9 Å². The van der Waals surface area contributed by atoms with Gasteiger partial charge in [0.05, 0.1) is 7.11 Å². The fourth-order valence-electron chi connectivity index (χ4n) is 0.938. The standard InChI is InChI=1S/C9H11BrN2O2/c1-12(9(13)11-14-2)8-5-3-7(10)4-6-8/h3-6H,1-2H3,(H,11,13). The molecule has 5 heteroatoms. The zero-order chi connectivity index (χ0) is 10.6. The van der Waals surface area contributed by atoms with Crippen molar-refractivity contribution in [2.75, 3.05) is 19.1 Å². The van der Waals surface area contributed by atoms with Gasteiger partial charge in [0.15, 0.2) is 0 Å². The van der Waals surface area contributed by atoms with Gasteiger partial charge in [-0.3, -0.25) is 9.74 Å². The first-order valence-electron chi connectivity index (χ1n) is 3.97. The van der Waals surface area contributed by atoms with Crippen LogP contribution in [-0.4, -0.2) is 20.2 Å². The van der Waals surface area contributed by atoms with E-state index in [0.717, 1.165) is 10.2 Å². The Kier molecular flexibility index (Phi) is 3.91. The minimum Gasteiger partial charge on any atom is -0.296 e. The molecule has 0 aliphatic heterocycles. The number of anilines is 1. The maximum absolute atomic E-state index is 11.3. The number of urea groups is 1. The van der Waals surface area contributed by atoms with Crippen LogP contribution in [0.2, 0.25) is 0 Å². The fraction of sp³-hybridized carbons (Fsp3) is 0.222. The lowest BCUT2D eigenvalue weighted by atomic mass is 10.3. The third-order valence-electron chi connectivity index (χ3n) is 1.71. The molecular formula is C9H11BrN2O2. The molecule has 14 heavy (non-hydrogen) atoms. The maximum atomic E-state index is 11.3. The van der Waals surface area contributed by atoms with Gasteiger partial charge in [-0.05, 0) is 24.3 Å². The topological polar surface area (TPSA) is 41.6 Å². The van der Waals surface area contributed by atoms with Crippen molar-refractivity contribution in [2.24, 2.45) is 0 Å². The molecule has 0 aliphatic rings. The Bertz CT molecular complexity index is 313. The van der Waals surface area contributed by atoms with Crippen molar-refractivity contribution in [1.29, 1.82) is 0 Å². The summed E-state index contributed by atoms with van der Waals surface area (Å²) in [5, 5.41) is 0. The normalized spacial score (nSPS) is 9.64. The number of hydrogen-bond donors (Lipinski definition) is 1. The number of nitrogens with zero attached hydrogens (tertiary/aromatic N) is 1. The van der Waals surface area contributed by atoms with Crippen LogP contribution in [0.1, 0.15) is 0 Å². The van der Waals surface area contributed by atoms with Gasteiger partial charge in [0.1, 0.15) is 0 Å². The van der Waals surface area contributed by atoms with Gasteiger partial charge in [-0.15, -0.1) is 0 Å². The second-order valence-electron chi connectivity index (χ2n) is 2.65. The molecule has 0 unspecified atom stereocenters. The smallest absolute Gasteiger partial charge is 0.296 e. The van der Waals surface area contributed by atoms with Crippen LogP contribution < -0.4 is 10.4 Å². The molecule has 1 N–H and O–H groups in total. The molecule has 0 aliphatic carbocycles. The Morgan fingerprint density at radius 3 is 2.50 bits per heavy atom. The van der Waals surface area contributed by atoms with Crippen LogP contribution in [0.5, 0.6) is 0 Å². The molecule has 0 radical (unpaired) electrons. The monoisotopic (exact) mass is 258 g/mol. The van der Waals surface area contributed by atoms with Crippen LogP contribution in [-0.2, 0) is 4.84 Å². The largest absolute Gasteiger partial charge is 0.345 e. The molecule has 4 nitrogen and oxygen atoms in total. The number of halogens is 1. The van der Waals surface area contributed by atoms with Gasteiger partial charge in [-0.25, -0.2) is 10.3 Å². The van der Waals surface area contributed by atoms with Gasteiger partial charge in [-0.2, -0.15) is 0 Å². The molecule has 0 bridgehead atoms. The van der Waals surface area contributed by atoms with Crippen molar-refractivity contribution in [2.45, 2.75) is 0 Å². The summed E-state index contributed by atoms with van der Waals surface area (Å²) in [5.74, 6) is 0. The molecule has 1 aromatic rings. The quantitative estimate of drug-likeness (QED) is 0.827. The van der Waals surface area contributed by atoms with E-state index in [1.54, 1.807) is 7.05 Å². The van der Waals surface area contributed by atoms with E-state index in [-0.39, 0.29) is 6.03 Å². The van der Waals surface area contributed by atoms with Gasteiger partial charge in [0.25, 0.3) is 0 Å². The molecule has 2 amide bonds. The van der Waals surface area contributed by atoms with Gasteiger partial charge in [0, 0.05) is 17.2 Å². The van der Waals surface area contributed by atoms with Gasteiger partial charge < -0.3 is 0 Å². The van der Waals surface area contributed by atoms with E-state index in [1.165, 1.54) is 12.0 Å². The maximum Gasteiger partial charge on any atom is 0.345 e. The summed E-state index contributed by atoms with van der Waals surface area (Å²) in [6.07, 6.45) is 0. The lowest BCUT2D eigenvalue weighted by Crippen LogP contribution is -2.36. The average Bonchev–Trinajstić information content (AvgIpc) is 2.18. The van der Waals surface area contributed by atoms with Gasteiger partial charge >= 0.3 is 6.03 Å². The van der Waals surface area contributed by atoms with Crippen LogP contribution in [0.15, 0.2) is 28.7 Å². The molecule has 1 aromatic carbocycles. The number of carbonyl (C=O) groups excluding carboxylic acids is 1. The highest BCUT2D eigenvalue weighted by Gasteiger charge is 2.09. The van der Waals surface area contributed by atoms with Crippen LogP contribution in [0.3, 0.4) is 0 Å². The Balaban J connectivity index is 2.73. The Morgan fingerprint density at radius 1 is 1.43 bits per heavy atom. The second kappa shape index (κ2) is 4.97. The first-order valence-corrected chi connectivity index (χ1v) is 4.76. The summed E-state index contributed by atoms with van der Waals surface area (Å²) in [6, 6.07) is 7.09. The van der Waals surface area contributed by atoms with Crippen molar-refractivity contribution in [3.8, 4) is 0 Å². The summed E-state index contributed by atoms with van der Waals surface area (Å²) in [6.45, 7) is 0. The van der Waals surface area contributed by atoms with Crippen molar-refractivity contribution in [1.82, 2.24) is 5.48 Å². The summed E-state index contributed by atoms with van der Waals surface area (Å²) in [5.41, 5.74) is 3.03. The highest BCUT2D eigenvalue weighted by atomic mass is 79.9. The number of hydroxylamine groups is 1. The molecule has 0 heterocycles. The molecule has 0 aromatic heterocycles. The molecule has 76 valence electrons. The van der Waals surface area contributed by atoms with Crippen molar-refractivity contribution in [3.05, 3.63) is 28.7 Å². The number of benzene rings is 1. The predicted molar refractivity (Wildman–Crippen MR) is 58.1 cm³/mol. The van der Waals surface area contributed by atoms with E-state index in [9.17, 15) is 4.79 Å². The highest BCUT2D eigenvalue weighted by molar-refractivity contribution is 9.10. The summed E-state index contributed by atoms with van der Waals surface area (Å²) < 4.78 is 0.974. The van der Waals surface area contributed by atoms with E-state index in [1.807, 2.05) is 24.3 Å². The molecule has 1 rings (SSSR count). The van der Waals surface area contributed by atoms with Gasteiger partial charge in [-0.1, -0.05) is 15.9 Å². The third-order valence-corrected chi connectivity index (χ3v) is 2.24. The van der Waals surface area contributed by atoms with Crippen molar-refractivity contribution >= 4 is 27.6 Å². The first-order chi connectivity index (χ1) is 6.65. The third kappa shape index (κ3) is 2.71. The number of amides is 2. The number of carbonyl (C=O) groups is 1. The zero-order valence-corrected chi connectivity index (χ0v) is 9.54. The SMILES string of the molecule is CONC(=O)N(C)c1ccc(Br)cc1. The fourth-order valence-corrected chi connectivity index (χ4v) is 1.20. The number of nitrogens with one attached hydrogen (secondary N) is 1. The Morgan fingerprint density at radius 2 is 2.00 bits per heavy atom. The van der Waals surface area contributed by atoms with Crippen molar-refractivity contribution < 1.29 is 9.63 Å². The van der Waals surface area contributed by atoms with Gasteiger partial charge in [0.2, 0.25) is 0 Å². The van der Waals surface area contributed by atoms with E-state index in [2.05, 4.69) is 26.2 Å². The zero-order valence-electron chi connectivity index (χ0n) is 7.95. The second-order valence-corrected chi connectivity index (χ2v) is 3.56. The van der Waals surface area contributed by atoms with E-state index in [4.69, 9.17) is 0 Å². The molecule has 0 spiro atoms. The Hall–Kier alpha value is -1.07. The molecular weight excluding hydrogens is 248 g/mol. The number of hydrogen-bond acceptors (Lipinski definition) is 2. The average molecular weight is 259 g/mol. The van der Waals surface area contributed by atoms with Crippen LogP contribution in [0.4, 0.5) is 10.5 Å².